The van der Waals surface area contributed by atoms with Crippen LogP contribution in [0.2, 0.25) is 0 Å². The minimum Gasteiger partial charge on any atom is -0.370 e. The lowest BCUT2D eigenvalue weighted by Crippen LogP contribution is -2.31. The molecule has 0 saturated carbocycles. The van der Waals surface area contributed by atoms with E-state index in [-0.39, 0.29) is 0 Å². The Morgan fingerprint density at radius 1 is 1.50 bits per heavy atom. The number of primary amides is 1. The Kier molecular flexibility index (Phi) is 4.76. The van der Waals surface area contributed by atoms with Crippen LogP contribution in [0.1, 0.15) is 17.3 Å². The fraction of sp³-hybridized carbons (Fsp3) is 0.364. The van der Waals surface area contributed by atoms with E-state index in [2.05, 4.69) is 15.9 Å². The van der Waals surface area contributed by atoms with Crippen LogP contribution in [0.15, 0.2) is 22.7 Å². The molecule has 1 amide bonds. The summed E-state index contributed by atoms with van der Waals surface area (Å²) in [5.41, 5.74) is 12.3. The summed E-state index contributed by atoms with van der Waals surface area (Å²) < 4.78 is 0.716. The number of anilines is 1. The van der Waals surface area contributed by atoms with Crippen LogP contribution >= 0.6 is 15.9 Å². The second-order valence-electron chi connectivity index (χ2n) is 3.37. The van der Waals surface area contributed by atoms with E-state index in [1.807, 2.05) is 24.0 Å². The summed E-state index contributed by atoms with van der Waals surface area (Å²) in [4.78, 5) is 13.4. The molecule has 0 fully saturated rings. The largest absolute Gasteiger partial charge is 0.370 e. The number of benzene rings is 1. The van der Waals surface area contributed by atoms with Crippen molar-refractivity contribution in [1.29, 1.82) is 0 Å². The van der Waals surface area contributed by atoms with Gasteiger partial charge in [0.05, 0.1) is 11.3 Å². The van der Waals surface area contributed by atoms with Crippen LogP contribution < -0.4 is 16.4 Å². The molecule has 1 rings (SSSR count). The maximum absolute atomic E-state index is 11.4. The van der Waals surface area contributed by atoms with Gasteiger partial charge in [-0.05, 0) is 35.0 Å². The van der Waals surface area contributed by atoms with Gasteiger partial charge in [-0.3, -0.25) is 4.79 Å². The molecule has 0 spiro atoms. The fourth-order valence-corrected chi connectivity index (χ4v) is 2.18. The lowest BCUT2D eigenvalue weighted by molar-refractivity contribution is 0.1000. The molecule has 5 heteroatoms. The maximum atomic E-state index is 11.4. The van der Waals surface area contributed by atoms with E-state index in [0.29, 0.717) is 23.1 Å². The zero-order valence-electron chi connectivity index (χ0n) is 9.24. The highest BCUT2D eigenvalue weighted by Gasteiger charge is 2.15. The lowest BCUT2D eigenvalue weighted by Gasteiger charge is -2.24. The first kappa shape index (κ1) is 13.0. The minimum atomic E-state index is -0.432. The molecule has 0 atom stereocenters. The fourth-order valence-electron chi connectivity index (χ4n) is 1.62. The first-order valence-corrected chi connectivity index (χ1v) is 5.94. The molecule has 0 radical (unpaired) electrons. The molecular formula is C11H16BrN3O. The molecule has 0 aromatic heterocycles. The maximum Gasteiger partial charge on any atom is 0.251 e. The average Bonchev–Trinajstić information content (AvgIpc) is 2.25. The Hall–Kier alpha value is -1.07. The van der Waals surface area contributed by atoms with Gasteiger partial charge in [-0.25, -0.2) is 0 Å². The van der Waals surface area contributed by atoms with Crippen molar-refractivity contribution >= 4 is 27.5 Å². The monoisotopic (exact) mass is 285 g/mol. The van der Waals surface area contributed by atoms with Gasteiger partial charge in [-0.2, -0.15) is 0 Å². The summed E-state index contributed by atoms with van der Waals surface area (Å²) in [6.07, 6.45) is 0. The van der Waals surface area contributed by atoms with E-state index in [9.17, 15) is 4.79 Å². The van der Waals surface area contributed by atoms with Gasteiger partial charge >= 0.3 is 0 Å². The molecule has 1 aromatic rings. The number of hydrogen-bond acceptors (Lipinski definition) is 3. The number of carbonyl (C=O) groups excluding carboxylic acids is 1. The average molecular weight is 286 g/mol. The Morgan fingerprint density at radius 3 is 2.69 bits per heavy atom. The van der Waals surface area contributed by atoms with Crippen LogP contribution in [0.5, 0.6) is 0 Å². The molecule has 4 nitrogen and oxygen atoms in total. The number of nitrogens with two attached hydrogens (primary N) is 2. The van der Waals surface area contributed by atoms with Crippen LogP contribution in [-0.4, -0.2) is 25.5 Å². The van der Waals surface area contributed by atoms with Gasteiger partial charge in [0.1, 0.15) is 0 Å². The van der Waals surface area contributed by atoms with E-state index < -0.39 is 5.91 Å². The first-order valence-electron chi connectivity index (χ1n) is 5.15. The SMILES string of the molecule is CCN(CCN)c1cccc(Br)c1C(N)=O. The number of nitrogens with zero attached hydrogens (tertiary/aromatic N) is 1. The second kappa shape index (κ2) is 5.86. The second-order valence-corrected chi connectivity index (χ2v) is 4.22. The highest BCUT2D eigenvalue weighted by atomic mass is 79.9. The summed E-state index contributed by atoms with van der Waals surface area (Å²) >= 11 is 3.34. The Morgan fingerprint density at radius 2 is 2.19 bits per heavy atom. The standard InChI is InChI=1S/C11H16BrN3O/c1-2-15(7-6-13)9-5-3-4-8(12)10(9)11(14)16/h3-5H,2,6-7,13H2,1H3,(H2,14,16). The number of amides is 1. The number of halogens is 1. The third-order valence-corrected chi connectivity index (χ3v) is 3.02. The molecule has 88 valence electrons. The molecule has 1 aromatic carbocycles. The van der Waals surface area contributed by atoms with E-state index in [1.165, 1.54) is 0 Å². The molecule has 16 heavy (non-hydrogen) atoms. The molecule has 0 saturated heterocycles. The number of rotatable bonds is 5. The Bertz CT molecular complexity index is 381. The van der Waals surface area contributed by atoms with Gasteiger partial charge in [-0.15, -0.1) is 0 Å². The van der Waals surface area contributed by atoms with Gasteiger partial charge in [0.2, 0.25) is 0 Å². The van der Waals surface area contributed by atoms with Crippen molar-refractivity contribution in [3.8, 4) is 0 Å². The van der Waals surface area contributed by atoms with Gasteiger partial charge in [0.15, 0.2) is 0 Å². The van der Waals surface area contributed by atoms with Gasteiger partial charge in [-0.1, -0.05) is 6.07 Å². The molecular weight excluding hydrogens is 270 g/mol. The number of hydrogen-bond donors (Lipinski definition) is 2. The molecule has 0 aliphatic heterocycles. The normalized spacial score (nSPS) is 10.2. The van der Waals surface area contributed by atoms with Gasteiger partial charge in [0, 0.05) is 24.1 Å². The van der Waals surface area contributed by atoms with Crippen molar-refractivity contribution in [1.82, 2.24) is 0 Å². The quantitative estimate of drug-likeness (QED) is 0.857. The van der Waals surface area contributed by atoms with Gasteiger partial charge in [0.25, 0.3) is 5.91 Å². The van der Waals surface area contributed by atoms with Crippen molar-refractivity contribution in [2.45, 2.75) is 6.92 Å². The Balaban J connectivity index is 3.20. The summed E-state index contributed by atoms with van der Waals surface area (Å²) in [6.45, 7) is 4.04. The van der Waals surface area contributed by atoms with E-state index >= 15 is 0 Å². The van der Waals surface area contributed by atoms with Crippen LogP contribution in [0, 0.1) is 0 Å². The van der Waals surface area contributed by atoms with Crippen molar-refractivity contribution in [2.75, 3.05) is 24.5 Å². The summed E-state index contributed by atoms with van der Waals surface area (Å²) in [7, 11) is 0. The molecule has 0 aliphatic rings. The zero-order chi connectivity index (χ0) is 12.1. The molecule has 0 unspecified atom stereocenters. The van der Waals surface area contributed by atoms with E-state index in [4.69, 9.17) is 11.5 Å². The number of carbonyl (C=O) groups is 1. The molecule has 0 aliphatic carbocycles. The lowest BCUT2D eigenvalue weighted by atomic mass is 10.1. The predicted molar refractivity (Wildman–Crippen MR) is 69.6 cm³/mol. The van der Waals surface area contributed by atoms with Crippen LogP contribution in [0.25, 0.3) is 0 Å². The highest BCUT2D eigenvalue weighted by molar-refractivity contribution is 9.10. The summed E-state index contributed by atoms with van der Waals surface area (Å²) in [5.74, 6) is -0.432. The van der Waals surface area contributed by atoms with Crippen molar-refractivity contribution in [2.24, 2.45) is 11.5 Å². The van der Waals surface area contributed by atoms with Crippen LogP contribution in [0.3, 0.4) is 0 Å². The Labute approximate surface area is 104 Å². The first-order chi connectivity index (χ1) is 7.61. The minimum absolute atomic E-state index is 0.432. The summed E-state index contributed by atoms with van der Waals surface area (Å²) in [5, 5.41) is 0. The molecule has 0 bridgehead atoms. The molecule has 0 heterocycles. The van der Waals surface area contributed by atoms with Gasteiger partial charge < -0.3 is 16.4 Å². The smallest absolute Gasteiger partial charge is 0.251 e. The zero-order valence-corrected chi connectivity index (χ0v) is 10.8. The third kappa shape index (κ3) is 2.74. The van der Waals surface area contributed by atoms with Crippen LogP contribution in [0.4, 0.5) is 5.69 Å². The predicted octanol–water partition coefficient (Wildman–Crippen LogP) is 1.33. The van der Waals surface area contributed by atoms with Crippen molar-refractivity contribution in [3.63, 3.8) is 0 Å². The number of likely N-dealkylation sites (N-methyl/N-ethyl adjacent to an activating group) is 1. The molecule has 4 N–H and O–H groups in total. The van der Waals surface area contributed by atoms with E-state index in [0.717, 1.165) is 12.2 Å². The summed E-state index contributed by atoms with van der Waals surface area (Å²) in [6, 6.07) is 5.56. The third-order valence-electron chi connectivity index (χ3n) is 2.36. The van der Waals surface area contributed by atoms with Crippen LogP contribution in [-0.2, 0) is 0 Å². The van der Waals surface area contributed by atoms with Crippen molar-refractivity contribution in [3.05, 3.63) is 28.2 Å². The van der Waals surface area contributed by atoms with Crippen molar-refractivity contribution < 1.29 is 4.79 Å². The highest BCUT2D eigenvalue weighted by Crippen LogP contribution is 2.27. The topological polar surface area (TPSA) is 72.3 Å². The van der Waals surface area contributed by atoms with E-state index in [1.54, 1.807) is 6.07 Å².